The van der Waals surface area contributed by atoms with Crippen LogP contribution in [0.3, 0.4) is 0 Å². The third-order valence-corrected chi connectivity index (χ3v) is 4.37. The molecular formula is C16H29N2O5+. The van der Waals surface area contributed by atoms with Gasteiger partial charge in [-0.25, -0.2) is 19.1 Å². The zero-order valence-corrected chi connectivity index (χ0v) is 14.2. The lowest BCUT2D eigenvalue weighted by molar-refractivity contribution is -0.878. The number of unbranched alkanes of at least 4 members (excludes halogenated alkanes) is 4. The number of aliphatic carboxylic acids is 2. The van der Waals surface area contributed by atoms with Crippen molar-refractivity contribution in [1.29, 1.82) is 0 Å². The molecule has 1 aliphatic heterocycles. The van der Waals surface area contributed by atoms with Crippen molar-refractivity contribution >= 4 is 17.8 Å². The van der Waals surface area contributed by atoms with Gasteiger partial charge >= 0.3 is 11.9 Å². The van der Waals surface area contributed by atoms with Crippen LogP contribution in [0.25, 0.3) is 0 Å². The molecule has 1 heterocycles. The number of hydrogen-bond acceptors (Lipinski definition) is 4. The normalized spacial score (nSPS) is 21.9. The van der Waals surface area contributed by atoms with E-state index >= 15 is 0 Å². The predicted octanol–water partition coefficient (Wildman–Crippen LogP) is 2.11. The van der Waals surface area contributed by atoms with Crippen molar-refractivity contribution in [3.05, 3.63) is 0 Å². The van der Waals surface area contributed by atoms with E-state index in [0.717, 1.165) is 25.1 Å². The summed E-state index contributed by atoms with van der Waals surface area (Å²) in [7, 11) is 0. The number of carboxylic acid groups (broad SMARTS) is 2. The summed E-state index contributed by atoms with van der Waals surface area (Å²) in [6, 6.07) is 0. The summed E-state index contributed by atoms with van der Waals surface area (Å²) in [6.45, 7) is 4.48. The Morgan fingerprint density at radius 2 is 1.91 bits per heavy atom. The maximum absolute atomic E-state index is 11.3. The highest BCUT2D eigenvalue weighted by Gasteiger charge is 2.45. The quantitative estimate of drug-likeness (QED) is 0.422. The van der Waals surface area contributed by atoms with Gasteiger partial charge in [-0.15, -0.1) is 0 Å². The third-order valence-electron chi connectivity index (χ3n) is 4.37. The van der Waals surface area contributed by atoms with Crippen LogP contribution in [-0.4, -0.2) is 64.9 Å². The van der Waals surface area contributed by atoms with Crippen molar-refractivity contribution in [2.75, 3.05) is 26.2 Å². The summed E-state index contributed by atoms with van der Waals surface area (Å²) < 4.78 is 5.52. The summed E-state index contributed by atoms with van der Waals surface area (Å²) in [5, 5.41) is 18.1. The molecule has 2 unspecified atom stereocenters. The molecule has 132 valence electrons. The van der Waals surface area contributed by atoms with Gasteiger partial charge in [0, 0.05) is 13.3 Å². The Kier molecular flexibility index (Phi) is 8.19. The highest BCUT2D eigenvalue weighted by molar-refractivity contribution is 5.80. The van der Waals surface area contributed by atoms with E-state index in [1.807, 2.05) is 0 Å². The van der Waals surface area contributed by atoms with E-state index in [4.69, 9.17) is 9.84 Å². The average Bonchev–Trinajstić information content (AvgIpc) is 2.87. The zero-order valence-electron chi connectivity index (χ0n) is 14.2. The van der Waals surface area contributed by atoms with E-state index in [-0.39, 0.29) is 11.0 Å². The van der Waals surface area contributed by atoms with Crippen LogP contribution in [0.2, 0.25) is 0 Å². The molecule has 7 heteroatoms. The van der Waals surface area contributed by atoms with E-state index in [0.29, 0.717) is 13.1 Å². The maximum Gasteiger partial charge on any atom is 0.359 e. The molecule has 2 N–H and O–H groups in total. The fourth-order valence-electron chi connectivity index (χ4n) is 3.08. The first-order chi connectivity index (χ1) is 10.9. The van der Waals surface area contributed by atoms with Crippen molar-refractivity contribution in [1.82, 2.24) is 0 Å². The lowest BCUT2D eigenvalue weighted by Crippen LogP contribution is -2.60. The van der Waals surface area contributed by atoms with E-state index in [2.05, 4.69) is 11.9 Å². The van der Waals surface area contributed by atoms with Gasteiger partial charge in [0.15, 0.2) is 19.4 Å². The van der Waals surface area contributed by atoms with Crippen LogP contribution in [0, 0.1) is 0 Å². The molecule has 0 aromatic carbocycles. The average molecular weight is 329 g/mol. The van der Waals surface area contributed by atoms with Crippen LogP contribution < -0.4 is 0 Å². The number of carboxylic acids is 2. The first-order valence-corrected chi connectivity index (χ1v) is 8.38. The van der Waals surface area contributed by atoms with Gasteiger partial charge in [-0.3, -0.25) is 0 Å². The Hall–Kier alpha value is -1.47. The number of hydrogen-bond donors (Lipinski definition) is 2. The molecule has 0 amide bonds. The molecule has 2 atom stereocenters. The standard InChI is InChI=1S/C16H28N2O5/c1-3-4-5-6-7-8-14-17-9-10-18(14,11-15(19)20)13(2)23-12-16(21)22/h13H,3-12H2,1-2H3,(H-,19,20,21,22)/p+1. The second kappa shape index (κ2) is 9.62. The molecule has 0 aromatic heterocycles. The Morgan fingerprint density at radius 3 is 2.52 bits per heavy atom. The van der Waals surface area contributed by atoms with Gasteiger partial charge in [0.25, 0.3) is 0 Å². The van der Waals surface area contributed by atoms with Crippen molar-refractivity contribution in [3.63, 3.8) is 0 Å². The Bertz CT molecular complexity index is 438. The van der Waals surface area contributed by atoms with Crippen molar-refractivity contribution in [2.45, 2.75) is 58.6 Å². The SMILES string of the molecule is CCCCCCCC1=NCC[N+]1(CC(=O)O)C(C)OCC(=O)O. The third kappa shape index (κ3) is 5.91. The Morgan fingerprint density at radius 1 is 1.22 bits per heavy atom. The van der Waals surface area contributed by atoms with E-state index in [1.54, 1.807) is 6.92 Å². The maximum atomic E-state index is 11.3. The summed E-state index contributed by atoms with van der Waals surface area (Å²) in [4.78, 5) is 26.5. The lowest BCUT2D eigenvalue weighted by atomic mass is 10.1. The molecular weight excluding hydrogens is 300 g/mol. The smallest absolute Gasteiger partial charge is 0.359 e. The molecule has 7 nitrogen and oxygen atoms in total. The first kappa shape index (κ1) is 19.6. The minimum Gasteiger partial charge on any atom is -0.480 e. The number of amidine groups is 1. The van der Waals surface area contributed by atoms with E-state index in [1.165, 1.54) is 19.3 Å². The second-order valence-electron chi connectivity index (χ2n) is 6.08. The molecule has 23 heavy (non-hydrogen) atoms. The van der Waals surface area contributed by atoms with Gasteiger partial charge in [0.05, 0.1) is 6.54 Å². The molecule has 1 aliphatic rings. The van der Waals surface area contributed by atoms with Crippen molar-refractivity contribution in [3.8, 4) is 0 Å². The topological polar surface area (TPSA) is 96.2 Å². The Balaban J connectivity index is 2.72. The first-order valence-electron chi connectivity index (χ1n) is 8.38. The molecule has 0 saturated carbocycles. The summed E-state index contributed by atoms with van der Waals surface area (Å²) in [5.74, 6) is -1.14. The zero-order chi connectivity index (χ0) is 17.3. The molecule has 0 fully saturated rings. The number of rotatable bonds is 12. The summed E-state index contributed by atoms with van der Waals surface area (Å²) in [5.41, 5.74) is 0. The van der Waals surface area contributed by atoms with Gasteiger partial charge in [0.1, 0.15) is 6.54 Å². The highest BCUT2D eigenvalue weighted by atomic mass is 16.5. The van der Waals surface area contributed by atoms with Crippen LogP contribution in [0.1, 0.15) is 52.4 Å². The number of nitrogens with zero attached hydrogens (tertiary/aromatic N) is 2. The molecule has 0 bridgehead atoms. The second-order valence-corrected chi connectivity index (χ2v) is 6.08. The van der Waals surface area contributed by atoms with Crippen LogP contribution in [0.15, 0.2) is 4.99 Å². The summed E-state index contributed by atoms with van der Waals surface area (Å²) in [6.07, 6.45) is 5.86. The molecule has 0 spiro atoms. The fourth-order valence-corrected chi connectivity index (χ4v) is 3.08. The van der Waals surface area contributed by atoms with Gasteiger partial charge in [-0.2, -0.15) is 0 Å². The largest absolute Gasteiger partial charge is 0.480 e. The van der Waals surface area contributed by atoms with Crippen LogP contribution in [0.5, 0.6) is 0 Å². The number of ether oxygens (including phenoxy) is 1. The fraction of sp³-hybridized carbons (Fsp3) is 0.812. The van der Waals surface area contributed by atoms with Crippen LogP contribution in [-0.2, 0) is 14.3 Å². The molecule has 0 aliphatic carbocycles. The molecule has 0 saturated heterocycles. The number of quaternary nitrogens is 1. The van der Waals surface area contributed by atoms with Gasteiger partial charge in [-0.1, -0.05) is 32.6 Å². The molecule has 1 rings (SSSR count). The predicted molar refractivity (Wildman–Crippen MR) is 86.4 cm³/mol. The van der Waals surface area contributed by atoms with Crippen LogP contribution >= 0.6 is 0 Å². The van der Waals surface area contributed by atoms with Crippen LogP contribution in [0.4, 0.5) is 0 Å². The van der Waals surface area contributed by atoms with Crippen molar-refractivity contribution < 1.29 is 29.0 Å². The molecule has 0 aromatic rings. The highest BCUT2D eigenvalue weighted by Crippen LogP contribution is 2.25. The molecule has 0 radical (unpaired) electrons. The van der Waals surface area contributed by atoms with E-state index in [9.17, 15) is 14.7 Å². The van der Waals surface area contributed by atoms with Gasteiger partial charge in [-0.05, 0) is 6.42 Å². The summed E-state index contributed by atoms with van der Waals surface area (Å²) >= 11 is 0. The minimum atomic E-state index is -1.05. The Labute approximate surface area is 137 Å². The van der Waals surface area contributed by atoms with Crippen molar-refractivity contribution in [2.24, 2.45) is 4.99 Å². The van der Waals surface area contributed by atoms with E-state index < -0.39 is 24.8 Å². The monoisotopic (exact) mass is 329 g/mol. The number of aliphatic imine (C=N–C) groups is 1. The number of carbonyl (C=O) groups is 2. The van der Waals surface area contributed by atoms with Gasteiger partial charge < -0.3 is 14.9 Å². The lowest BCUT2D eigenvalue weighted by Gasteiger charge is -2.38. The van der Waals surface area contributed by atoms with Gasteiger partial charge in [0.2, 0.25) is 5.84 Å². The minimum absolute atomic E-state index is 0.116.